The fraction of sp³-hybridized carbons (Fsp3) is 0.533. The van der Waals surface area contributed by atoms with Crippen molar-refractivity contribution in [3.05, 3.63) is 35.4 Å². The lowest BCUT2D eigenvalue weighted by Crippen LogP contribution is -2.45. The predicted molar refractivity (Wildman–Crippen MR) is 79.0 cm³/mol. The first-order valence-electron chi connectivity index (χ1n) is 6.68. The molecular formula is C15H25N3O. The van der Waals surface area contributed by atoms with Crippen molar-refractivity contribution >= 4 is 5.91 Å². The fourth-order valence-corrected chi connectivity index (χ4v) is 1.91. The van der Waals surface area contributed by atoms with Crippen molar-refractivity contribution in [2.75, 3.05) is 20.6 Å². The summed E-state index contributed by atoms with van der Waals surface area (Å²) in [6.45, 7) is 5.52. The molecule has 0 fully saturated rings. The van der Waals surface area contributed by atoms with Crippen molar-refractivity contribution < 1.29 is 4.79 Å². The summed E-state index contributed by atoms with van der Waals surface area (Å²) in [5, 5.41) is 3.09. The van der Waals surface area contributed by atoms with Crippen LogP contribution in [0.15, 0.2) is 24.3 Å². The van der Waals surface area contributed by atoms with E-state index in [1.165, 1.54) is 0 Å². The zero-order chi connectivity index (χ0) is 14.4. The van der Waals surface area contributed by atoms with Crippen molar-refractivity contribution in [1.82, 2.24) is 10.2 Å². The normalized spacial score (nSPS) is 12.8. The van der Waals surface area contributed by atoms with Gasteiger partial charge in [0, 0.05) is 24.7 Å². The number of nitrogens with one attached hydrogen (secondary N) is 1. The number of carbonyl (C=O) groups excluding carboxylic acids is 1. The van der Waals surface area contributed by atoms with E-state index in [1.807, 2.05) is 38.4 Å². The van der Waals surface area contributed by atoms with E-state index in [9.17, 15) is 4.79 Å². The van der Waals surface area contributed by atoms with Crippen molar-refractivity contribution in [3.63, 3.8) is 0 Å². The molecule has 0 aliphatic carbocycles. The Morgan fingerprint density at radius 1 is 1.37 bits per heavy atom. The molecule has 0 radical (unpaired) electrons. The highest BCUT2D eigenvalue weighted by atomic mass is 16.1. The van der Waals surface area contributed by atoms with E-state index in [1.54, 1.807) is 0 Å². The number of carbonyl (C=O) groups is 1. The number of nitrogens with zero attached hydrogens (tertiary/aromatic N) is 1. The molecule has 0 bridgehead atoms. The number of hydrogen-bond acceptors (Lipinski definition) is 3. The van der Waals surface area contributed by atoms with Crippen LogP contribution in [0.25, 0.3) is 0 Å². The van der Waals surface area contributed by atoms with Crippen LogP contribution in [-0.2, 0) is 6.54 Å². The molecule has 0 aliphatic heterocycles. The molecule has 0 saturated heterocycles. The maximum atomic E-state index is 12.2. The summed E-state index contributed by atoms with van der Waals surface area (Å²) in [5.41, 5.74) is 7.24. The molecule has 106 valence electrons. The summed E-state index contributed by atoms with van der Waals surface area (Å²) in [6.07, 6.45) is 0. The van der Waals surface area contributed by atoms with Gasteiger partial charge in [0.15, 0.2) is 0 Å². The molecule has 1 unspecified atom stereocenters. The molecule has 0 aliphatic rings. The molecule has 1 rings (SSSR count). The standard InChI is InChI=1S/C15H25N3O/c1-11(2)14(10-18(3)4)17-15(19)13-7-5-6-12(8-13)9-16/h5-8,11,14H,9-10,16H2,1-4H3,(H,17,19). The lowest BCUT2D eigenvalue weighted by atomic mass is 10.0. The van der Waals surface area contributed by atoms with E-state index in [0.29, 0.717) is 18.0 Å². The third kappa shape index (κ3) is 5.01. The molecule has 1 aromatic rings. The van der Waals surface area contributed by atoms with Crippen LogP contribution in [-0.4, -0.2) is 37.5 Å². The van der Waals surface area contributed by atoms with E-state index in [0.717, 1.165) is 12.1 Å². The van der Waals surface area contributed by atoms with Gasteiger partial charge in [0.2, 0.25) is 0 Å². The van der Waals surface area contributed by atoms with Crippen LogP contribution in [0, 0.1) is 5.92 Å². The van der Waals surface area contributed by atoms with Gasteiger partial charge in [-0.15, -0.1) is 0 Å². The average molecular weight is 263 g/mol. The van der Waals surface area contributed by atoms with Gasteiger partial charge in [-0.05, 0) is 37.7 Å². The largest absolute Gasteiger partial charge is 0.348 e. The Labute approximate surface area is 116 Å². The van der Waals surface area contributed by atoms with E-state index in [4.69, 9.17) is 5.73 Å². The van der Waals surface area contributed by atoms with Gasteiger partial charge in [-0.25, -0.2) is 0 Å². The zero-order valence-corrected chi connectivity index (χ0v) is 12.3. The first-order chi connectivity index (χ1) is 8.93. The second kappa shape index (κ2) is 7.26. The van der Waals surface area contributed by atoms with Gasteiger partial charge in [0.1, 0.15) is 0 Å². The summed E-state index contributed by atoms with van der Waals surface area (Å²) in [7, 11) is 4.02. The van der Waals surface area contributed by atoms with Gasteiger partial charge < -0.3 is 16.0 Å². The Morgan fingerprint density at radius 2 is 2.05 bits per heavy atom. The SMILES string of the molecule is CC(C)C(CN(C)C)NC(=O)c1cccc(CN)c1. The highest BCUT2D eigenvalue weighted by Crippen LogP contribution is 2.08. The van der Waals surface area contributed by atoms with Gasteiger partial charge in [0.25, 0.3) is 5.91 Å². The van der Waals surface area contributed by atoms with Gasteiger partial charge in [-0.2, -0.15) is 0 Å². The lowest BCUT2D eigenvalue weighted by molar-refractivity contribution is 0.0916. The average Bonchev–Trinajstić information content (AvgIpc) is 2.37. The van der Waals surface area contributed by atoms with E-state index < -0.39 is 0 Å². The van der Waals surface area contributed by atoms with Crippen LogP contribution in [0.5, 0.6) is 0 Å². The first-order valence-corrected chi connectivity index (χ1v) is 6.68. The highest BCUT2D eigenvalue weighted by Gasteiger charge is 2.17. The Hall–Kier alpha value is -1.39. The van der Waals surface area contributed by atoms with Gasteiger partial charge in [0.05, 0.1) is 0 Å². The van der Waals surface area contributed by atoms with Crippen molar-refractivity contribution in [2.24, 2.45) is 11.7 Å². The topological polar surface area (TPSA) is 58.4 Å². The second-order valence-corrected chi connectivity index (χ2v) is 5.49. The Balaban J connectivity index is 2.75. The Morgan fingerprint density at radius 3 is 2.58 bits per heavy atom. The van der Waals surface area contributed by atoms with Crippen LogP contribution in [0.4, 0.5) is 0 Å². The summed E-state index contributed by atoms with van der Waals surface area (Å²) in [5.74, 6) is 0.361. The molecule has 4 heteroatoms. The zero-order valence-electron chi connectivity index (χ0n) is 12.3. The number of benzene rings is 1. The number of amides is 1. The molecule has 0 spiro atoms. The van der Waals surface area contributed by atoms with Crippen molar-refractivity contribution in [3.8, 4) is 0 Å². The number of hydrogen-bond donors (Lipinski definition) is 2. The molecule has 3 N–H and O–H groups in total. The first kappa shape index (κ1) is 15.7. The van der Waals surface area contributed by atoms with E-state index in [2.05, 4.69) is 24.1 Å². The third-order valence-electron chi connectivity index (χ3n) is 3.11. The van der Waals surface area contributed by atoms with E-state index >= 15 is 0 Å². The van der Waals surface area contributed by atoms with Crippen LogP contribution in [0.2, 0.25) is 0 Å². The molecule has 0 aromatic heterocycles. The summed E-state index contributed by atoms with van der Waals surface area (Å²) >= 11 is 0. The summed E-state index contributed by atoms with van der Waals surface area (Å²) in [4.78, 5) is 14.3. The van der Waals surface area contributed by atoms with Crippen LogP contribution in [0.3, 0.4) is 0 Å². The smallest absolute Gasteiger partial charge is 0.251 e. The summed E-state index contributed by atoms with van der Waals surface area (Å²) < 4.78 is 0. The van der Waals surface area contributed by atoms with Gasteiger partial charge >= 0.3 is 0 Å². The van der Waals surface area contributed by atoms with Crippen LogP contribution in [0.1, 0.15) is 29.8 Å². The molecule has 1 amide bonds. The second-order valence-electron chi connectivity index (χ2n) is 5.49. The third-order valence-corrected chi connectivity index (χ3v) is 3.11. The van der Waals surface area contributed by atoms with Crippen LogP contribution < -0.4 is 11.1 Å². The van der Waals surface area contributed by atoms with Gasteiger partial charge in [-0.3, -0.25) is 4.79 Å². The lowest BCUT2D eigenvalue weighted by Gasteiger charge is -2.25. The Bertz CT molecular complexity index is 416. The monoisotopic (exact) mass is 263 g/mol. The van der Waals surface area contributed by atoms with Crippen molar-refractivity contribution in [2.45, 2.75) is 26.4 Å². The minimum absolute atomic E-state index is 0.0316. The minimum atomic E-state index is -0.0316. The molecule has 1 atom stereocenters. The maximum absolute atomic E-state index is 12.2. The quantitative estimate of drug-likeness (QED) is 0.817. The molecule has 4 nitrogen and oxygen atoms in total. The van der Waals surface area contributed by atoms with Crippen LogP contribution >= 0.6 is 0 Å². The highest BCUT2D eigenvalue weighted by molar-refractivity contribution is 5.94. The molecule has 0 saturated carbocycles. The Kier molecular flexibility index (Phi) is 5.99. The minimum Gasteiger partial charge on any atom is -0.348 e. The predicted octanol–water partition coefficient (Wildman–Crippen LogP) is 1.46. The van der Waals surface area contributed by atoms with E-state index in [-0.39, 0.29) is 11.9 Å². The molecule has 19 heavy (non-hydrogen) atoms. The molecule has 1 aromatic carbocycles. The summed E-state index contributed by atoms with van der Waals surface area (Å²) in [6, 6.07) is 7.61. The maximum Gasteiger partial charge on any atom is 0.251 e. The fourth-order valence-electron chi connectivity index (χ4n) is 1.91. The van der Waals surface area contributed by atoms with Crippen molar-refractivity contribution in [1.29, 1.82) is 0 Å². The molecular weight excluding hydrogens is 238 g/mol. The number of nitrogens with two attached hydrogens (primary N) is 1. The number of rotatable bonds is 6. The number of likely N-dealkylation sites (N-methyl/N-ethyl adjacent to an activating group) is 1. The molecule has 0 heterocycles. The van der Waals surface area contributed by atoms with Gasteiger partial charge in [-0.1, -0.05) is 26.0 Å².